The Hall–Kier alpha value is -2.83. The van der Waals surface area contributed by atoms with Gasteiger partial charge < -0.3 is 19.9 Å². The Morgan fingerprint density at radius 2 is 1.96 bits per heavy atom. The Balaban J connectivity index is 1.65. The number of amides is 1. The van der Waals surface area contributed by atoms with Gasteiger partial charge >= 0.3 is 6.09 Å². The summed E-state index contributed by atoms with van der Waals surface area (Å²) in [5.74, 6) is 1.47. The molecule has 1 fully saturated rings. The molecule has 0 radical (unpaired) electrons. The summed E-state index contributed by atoms with van der Waals surface area (Å²) in [4.78, 5) is 24.8. The van der Waals surface area contributed by atoms with Crippen molar-refractivity contribution in [2.45, 2.75) is 32.7 Å². The average molecular weight is 369 g/mol. The maximum Gasteiger partial charge on any atom is 0.409 e. The van der Waals surface area contributed by atoms with Gasteiger partial charge in [0.1, 0.15) is 5.82 Å². The fourth-order valence-electron chi connectivity index (χ4n) is 3.18. The minimum Gasteiger partial charge on any atom is -0.450 e. The normalized spacial score (nSPS) is 14.7. The molecule has 3 rings (SSSR count). The number of aryl methyl sites for hydroxylation is 1. The highest BCUT2D eigenvalue weighted by molar-refractivity contribution is 5.67. The van der Waals surface area contributed by atoms with Crippen molar-refractivity contribution < 1.29 is 9.53 Å². The number of carbonyl (C=O) groups is 1. The number of anilines is 3. The van der Waals surface area contributed by atoms with Crippen LogP contribution in [0.2, 0.25) is 0 Å². The number of nitrogens with zero attached hydrogens (tertiary/aromatic N) is 4. The molecule has 0 bridgehead atoms. The second kappa shape index (κ2) is 8.70. The summed E-state index contributed by atoms with van der Waals surface area (Å²) in [5, 5.41) is 3.43. The molecule has 1 aromatic heterocycles. The zero-order chi connectivity index (χ0) is 19.2. The lowest BCUT2D eigenvalue weighted by molar-refractivity contribution is 0.0983. The van der Waals surface area contributed by atoms with Crippen LogP contribution in [0.25, 0.3) is 0 Å². The minimum atomic E-state index is -0.227. The van der Waals surface area contributed by atoms with E-state index in [0.29, 0.717) is 25.6 Å². The maximum atomic E-state index is 11.8. The molecule has 1 aliphatic rings. The molecular weight excluding hydrogens is 342 g/mol. The third-order valence-electron chi connectivity index (χ3n) is 4.68. The van der Waals surface area contributed by atoms with Gasteiger partial charge in [-0.3, -0.25) is 0 Å². The first kappa shape index (κ1) is 18.9. The summed E-state index contributed by atoms with van der Waals surface area (Å²) in [6.45, 7) is 5.56. The van der Waals surface area contributed by atoms with E-state index in [1.165, 1.54) is 0 Å². The van der Waals surface area contributed by atoms with Gasteiger partial charge in [-0.2, -0.15) is 4.98 Å². The summed E-state index contributed by atoms with van der Waals surface area (Å²) in [5.41, 5.74) is 1.98. The van der Waals surface area contributed by atoms with E-state index in [-0.39, 0.29) is 12.1 Å². The van der Waals surface area contributed by atoms with Crippen molar-refractivity contribution in [2.24, 2.45) is 0 Å². The van der Waals surface area contributed by atoms with E-state index < -0.39 is 0 Å². The minimum absolute atomic E-state index is 0.227. The first-order chi connectivity index (χ1) is 13.1. The number of ether oxygens (including phenoxy) is 1. The lowest BCUT2D eigenvalue weighted by atomic mass is 10.1. The van der Waals surface area contributed by atoms with Crippen molar-refractivity contribution in [3.63, 3.8) is 0 Å². The molecule has 0 atom stereocenters. The molecule has 0 saturated carbocycles. The zero-order valence-corrected chi connectivity index (χ0v) is 16.2. The van der Waals surface area contributed by atoms with Crippen molar-refractivity contribution in [1.82, 2.24) is 14.9 Å². The van der Waals surface area contributed by atoms with E-state index >= 15 is 0 Å². The highest BCUT2D eigenvalue weighted by Crippen LogP contribution is 2.23. The molecule has 1 aliphatic heterocycles. The standard InChI is InChI=1S/C20H27N5O2/c1-4-27-20(26)25-12-10-16(11-13-25)22-19-21-15(2)14-18(23-19)24(3)17-8-6-5-7-9-17/h5-9,14,16H,4,10-13H2,1-3H3,(H,21,22,23). The third-order valence-corrected chi connectivity index (χ3v) is 4.68. The Bertz CT molecular complexity index is 760. The van der Waals surface area contributed by atoms with Gasteiger partial charge in [0, 0.05) is 43.6 Å². The predicted molar refractivity (Wildman–Crippen MR) is 107 cm³/mol. The van der Waals surface area contributed by atoms with Gasteiger partial charge in [0.05, 0.1) is 6.61 Å². The van der Waals surface area contributed by atoms with Crippen LogP contribution in [0.3, 0.4) is 0 Å². The van der Waals surface area contributed by atoms with E-state index in [4.69, 9.17) is 4.74 Å². The molecule has 2 aromatic rings. The summed E-state index contributed by atoms with van der Waals surface area (Å²) < 4.78 is 5.07. The molecule has 27 heavy (non-hydrogen) atoms. The maximum absolute atomic E-state index is 11.8. The average Bonchev–Trinajstić information content (AvgIpc) is 2.68. The fraction of sp³-hybridized carbons (Fsp3) is 0.450. The molecule has 1 aromatic carbocycles. The van der Waals surface area contributed by atoms with Crippen LogP contribution >= 0.6 is 0 Å². The Morgan fingerprint density at radius 1 is 1.26 bits per heavy atom. The van der Waals surface area contributed by atoms with Gasteiger partial charge in [-0.15, -0.1) is 0 Å². The highest BCUT2D eigenvalue weighted by atomic mass is 16.6. The third kappa shape index (κ3) is 4.87. The van der Waals surface area contributed by atoms with E-state index in [1.54, 1.807) is 4.90 Å². The molecule has 0 aliphatic carbocycles. The number of nitrogens with one attached hydrogen (secondary N) is 1. The summed E-state index contributed by atoms with van der Waals surface area (Å²) in [6.07, 6.45) is 1.47. The topological polar surface area (TPSA) is 70.6 Å². The lowest BCUT2D eigenvalue weighted by Crippen LogP contribution is -2.42. The van der Waals surface area contributed by atoms with E-state index in [1.807, 2.05) is 50.1 Å². The Labute approximate surface area is 160 Å². The number of likely N-dealkylation sites (tertiary alicyclic amines) is 1. The largest absolute Gasteiger partial charge is 0.450 e. The molecule has 1 N–H and O–H groups in total. The van der Waals surface area contributed by atoms with Crippen molar-refractivity contribution in [3.8, 4) is 0 Å². The number of carbonyl (C=O) groups excluding carboxylic acids is 1. The van der Waals surface area contributed by atoms with Gasteiger partial charge in [0.15, 0.2) is 0 Å². The predicted octanol–water partition coefficient (Wildman–Crippen LogP) is 3.59. The van der Waals surface area contributed by atoms with Gasteiger partial charge in [-0.05, 0) is 38.8 Å². The summed E-state index contributed by atoms with van der Waals surface area (Å²) >= 11 is 0. The van der Waals surface area contributed by atoms with Crippen molar-refractivity contribution in [2.75, 3.05) is 37.0 Å². The Morgan fingerprint density at radius 3 is 2.63 bits per heavy atom. The van der Waals surface area contributed by atoms with Crippen molar-refractivity contribution >= 4 is 23.5 Å². The van der Waals surface area contributed by atoms with E-state index in [2.05, 4.69) is 27.4 Å². The smallest absolute Gasteiger partial charge is 0.409 e. The van der Waals surface area contributed by atoms with Crippen molar-refractivity contribution in [1.29, 1.82) is 0 Å². The van der Waals surface area contributed by atoms with Crippen molar-refractivity contribution in [3.05, 3.63) is 42.1 Å². The molecule has 0 unspecified atom stereocenters. The van der Waals surface area contributed by atoms with Gasteiger partial charge in [-0.1, -0.05) is 18.2 Å². The number of piperidine rings is 1. The van der Waals surface area contributed by atoms with Crippen LogP contribution in [0.15, 0.2) is 36.4 Å². The fourth-order valence-corrected chi connectivity index (χ4v) is 3.18. The highest BCUT2D eigenvalue weighted by Gasteiger charge is 2.24. The SMILES string of the molecule is CCOC(=O)N1CCC(Nc2nc(C)cc(N(C)c3ccccc3)n2)CC1. The first-order valence-corrected chi connectivity index (χ1v) is 9.39. The summed E-state index contributed by atoms with van der Waals surface area (Å²) in [6, 6.07) is 12.3. The number of aromatic nitrogens is 2. The monoisotopic (exact) mass is 369 g/mol. The molecule has 1 saturated heterocycles. The first-order valence-electron chi connectivity index (χ1n) is 9.39. The van der Waals surface area contributed by atoms with Crippen LogP contribution < -0.4 is 10.2 Å². The van der Waals surface area contributed by atoms with Crippen LogP contribution in [0.5, 0.6) is 0 Å². The Kier molecular flexibility index (Phi) is 6.11. The van der Waals surface area contributed by atoms with Crippen LogP contribution in [0.4, 0.5) is 22.2 Å². The molecule has 1 amide bonds. The summed E-state index contributed by atoms with van der Waals surface area (Å²) in [7, 11) is 2.00. The molecule has 0 spiro atoms. The number of rotatable bonds is 5. The van der Waals surface area contributed by atoms with Gasteiger partial charge in [-0.25, -0.2) is 9.78 Å². The quantitative estimate of drug-likeness (QED) is 0.869. The number of hydrogen-bond donors (Lipinski definition) is 1. The molecule has 144 valence electrons. The second-order valence-electron chi connectivity index (χ2n) is 6.69. The second-order valence-corrected chi connectivity index (χ2v) is 6.69. The van der Waals surface area contributed by atoms with E-state index in [9.17, 15) is 4.79 Å². The molecular formula is C20H27N5O2. The number of para-hydroxylation sites is 1. The number of hydrogen-bond acceptors (Lipinski definition) is 6. The van der Waals surface area contributed by atoms with Crippen LogP contribution in [-0.2, 0) is 4.74 Å². The van der Waals surface area contributed by atoms with Gasteiger partial charge in [0.2, 0.25) is 5.95 Å². The van der Waals surface area contributed by atoms with E-state index in [0.717, 1.165) is 30.0 Å². The molecule has 7 nitrogen and oxygen atoms in total. The number of benzene rings is 1. The zero-order valence-electron chi connectivity index (χ0n) is 16.2. The van der Waals surface area contributed by atoms with Gasteiger partial charge in [0.25, 0.3) is 0 Å². The van der Waals surface area contributed by atoms with Crippen LogP contribution in [0, 0.1) is 6.92 Å². The van der Waals surface area contributed by atoms with Crippen LogP contribution in [0.1, 0.15) is 25.5 Å². The van der Waals surface area contributed by atoms with Crippen LogP contribution in [-0.4, -0.2) is 53.7 Å². The lowest BCUT2D eigenvalue weighted by Gasteiger charge is -2.31. The molecule has 7 heteroatoms. The molecule has 2 heterocycles.